The van der Waals surface area contributed by atoms with Gasteiger partial charge in [-0.3, -0.25) is 9.78 Å². The van der Waals surface area contributed by atoms with E-state index in [9.17, 15) is 10.1 Å². The summed E-state index contributed by atoms with van der Waals surface area (Å²) in [5.41, 5.74) is 2.94. The molecule has 5 heterocycles. The van der Waals surface area contributed by atoms with Crippen molar-refractivity contribution in [2.24, 2.45) is 5.41 Å². The number of hydrogen-bond donors (Lipinski definition) is 1. The summed E-state index contributed by atoms with van der Waals surface area (Å²) in [6.45, 7) is 20.4. The minimum atomic E-state index is -1.27. The van der Waals surface area contributed by atoms with Crippen LogP contribution < -0.4 is 5.32 Å². The molecule has 2 aromatic heterocycles. The van der Waals surface area contributed by atoms with Crippen molar-refractivity contribution in [1.82, 2.24) is 14.5 Å². The third-order valence-electron chi connectivity index (χ3n) is 10.3. The fraction of sp³-hybridized carbons (Fsp3) is 0.667. The second-order valence-corrected chi connectivity index (χ2v) is 22.5. The predicted molar refractivity (Wildman–Crippen MR) is 183 cm³/mol. The Kier molecular flexibility index (Phi) is 8.62. The smallest absolute Gasteiger partial charge is 0.291 e. The zero-order chi connectivity index (χ0) is 34.0. The Labute approximate surface area is 280 Å². The number of allylic oxidation sites excluding steroid dienone is 2. The Morgan fingerprint density at radius 2 is 1.77 bits per heavy atom. The second-order valence-electron chi connectivity index (χ2n) is 16.9. The number of rotatable bonds is 9. The van der Waals surface area contributed by atoms with Gasteiger partial charge in [-0.1, -0.05) is 39.6 Å². The van der Waals surface area contributed by atoms with Crippen molar-refractivity contribution in [3.63, 3.8) is 0 Å². The third-order valence-corrected chi connectivity index (χ3v) is 12.0. The number of ether oxygens (including phenoxy) is 4. The summed E-state index contributed by atoms with van der Waals surface area (Å²) in [6.07, 6.45) is 7.93. The predicted octanol–water partition coefficient (Wildman–Crippen LogP) is 7.25. The fourth-order valence-electron chi connectivity index (χ4n) is 7.68. The summed E-state index contributed by atoms with van der Waals surface area (Å²) in [6, 6.07) is 7.07. The van der Waals surface area contributed by atoms with Gasteiger partial charge in [-0.05, 0) is 89.0 Å². The SMILES string of the molecule is CC1(C)CC=C(c2nc(C3C[C@@]4(C)O[C@@](C)(C3)[C@@H]3OC(C)(C)O[C@@H]34)ccc2NC(=O)c2nc(C#N)cn2COCC[Si](C)(C)C)CC1. The normalized spacial score (nSPS) is 30.8. The van der Waals surface area contributed by atoms with E-state index in [0.29, 0.717) is 12.3 Å². The molecule has 3 fully saturated rings. The molecule has 47 heavy (non-hydrogen) atoms. The highest BCUT2D eigenvalue weighted by molar-refractivity contribution is 6.76. The first kappa shape index (κ1) is 34.0. The van der Waals surface area contributed by atoms with Crippen LogP contribution in [0.1, 0.15) is 107 Å². The van der Waals surface area contributed by atoms with Crippen molar-refractivity contribution in [3.8, 4) is 6.07 Å². The summed E-state index contributed by atoms with van der Waals surface area (Å²) in [7, 11) is -1.27. The maximum atomic E-state index is 13.8. The van der Waals surface area contributed by atoms with Gasteiger partial charge in [-0.2, -0.15) is 5.26 Å². The van der Waals surface area contributed by atoms with E-state index in [1.165, 1.54) is 0 Å². The molecule has 10 nitrogen and oxygen atoms in total. The van der Waals surface area contributed by atoms with Crippen LogP contribution in [0.25, 0.3) is 5.57 Å². The number of fused-ring (bicyclic) bond motifs is 5. The van der Waals surface area contributed by atoms with Gasteiger partial charge in [-0.15, -0.1) is 0 Å². The lowest BCUT2D eigenvalue weighted by Crippen LogP contribution is -2.46. The Balaban J connectivity index is 1.28. The van der Waals surface area contributed by atoms with Crippen LogP contribution in [-0.2, 0) is 25.7 Å². The van der Waals surface area contributed by atoms with Crippen LogP contribution in [0.4, 0.5) is 5.69 Å². The van der Waals surface area contributed by atoms with Crippen LogP contribution in [0, 0.1) is 16.7 Å². The molecule has 254 valence electrons. The average molecular weight is 662 g/mol. The summed E-state index contributed by atoms with van der Waals surface area (Å²) < 4.78 is 27.0. The Morgan fingerprint density at radius 3 is 2.36 bits per heavy atom. The topological polar surface area (TPSA) is 121 Å². The van der Waals surface area contributed by atoms with Crippen LogP contribution >= 0.6 is 0 Å². The zero-order valence-electron chi connectivity index (χ0n) is 29.5. The number of nitrogens with zero attached hydrogens (tertiary/aromatic N) is 4. The van der Waals surface area contributed by atoms with Crippen LogP contribution in [0.5, 0.6) is 0 Å². The van der Waals surface area contributed by atoms with Crippen molar-refractivity contribution < 1.29 is 23.7 Å². The highest BCUT2D eigenvalue weighted by Crippen LogP contribution is 2.58. The molecule has 4 aliphatic rings. The lowest BCUT2D eigenvalue weighted by Gasteiger charge is -2.43. The second kappa shape index (κ2) is 11.9. The largest absolute Gasteiger partial charge is 0.363 e. The van der Waals surface area contributed by atoms with Crippen molar-refractivity contribution in [3.05, 3.63) is 47.3 Å². The Bertz CT molecular complexity index is 1590. The van der Waals surface area contributed by atoms with Gasteiger partial charge in [0.25, 0.3) is 5.91 Å². The quantitative estimate of drug-likeness (QED) is 0.220. The molecule has 2 bridgehead atoms. The van der Waals surface area contributed by atoms with Gasteiger partial charge in [0.2, 0.25) is 5.82 Å². The minimum absolute atomic E-state index is 0.134. The highest BCUT2D eigenvalue weighted by atomic mass is 28.3. The van der Waals surface area contributed by atoms with Crippen LogP contribution in [0.15, 0.2) is 24.4 Å². The zero-order valence-corrected chi connectivity index (χ0v) is 30.5. The van der Waals surface area contributed by atoms with E-state index in [0.717, 1.165) is 55.1 Å². The van der Waals surface area contributed by atoms with E-state index in [1.54, 1.807) is 10.8 Å². The number of imidazole rings is 1. The summed E-state index contributed by atoms with van der Waals surface area (Å²) >= 11 is 0. The molecule has 0 radical (unpaired) electrons. The summed E-state index contributed by atoms with van der Waals surface area (Å²) in [5, 5.41) is 12.7. The first-order valence-corrected chi connectivity index (χ1v) is 20.7. The van der Waals surface area contributed by atoms with Gasteiger partial charge in [0, 0.05) is 32.5 Å². The first-order chi connectivity index (χ1) is 21.9. The number of amides is 1. The number of aromatic nitrogens is 3. The van der Waals surface area contributed by atoms with Gasteiger partial charge >= 0.3 is 0 Å². The van der Waals surface area contributed by atoms with Gasteiger partial charge in [0.15, 0.2) is 11.5 Å². The fourth-order valence-corrected chi connectivity index (χ4v) is 8.44. The van der Waals surface area contributed by atoms with Gasteiger partial charge in [0.05, 0.1) is 22.6 Å². The lowest BCUT2D eigenvalue weighted by molar-refractivity contribution is -0.242. The Morgan fingerprint density at radius 1 is 1.09 bits per heavy atom. The van der Waals surface area contributed by atoms with Crippen molar-refractivity contribution >= 4 is 25.2 Å². The van der Waals surface area contributed by atoms with E-state index in [4.69, 9.17) is 23.9 Å². The molecule has 11 heteroatoms. The minimum Gasteiger partial charge on any atom is -0.363 e. The Hall–Kier alpha value is -2.88. The molecule has 2 aromatic rings. The van der Waals surface area contributed by atoms with Crippen LogP contribution in [0.3, 0.4) is 0 Å². The van der Waals surface area contributed by atoms with Crippen molar-refractivity contribution in [1.29, 1.82) is 5.26 Å². The highest BCUT2D eigenvalue weighted by Gasteiger charge is 2.68. The van der Waals surface area contributed by atoms with E-state index < -0.39 is 31.0 Å². The van der Waals surface area contributed by atoms with Crippen molar-refractivity contribution in [2.45, 2.75) is 141 Å². The first-order valence-electron chi connectivity index (χ1n) is 17.0. The number of carbonyl (C=O) groups is 1. The molecule has 0 aromatic carbocycles. The molecule has 1 amide bonds. The van der Waals surface area contributed by atoms with Crippen LogP contribution in [-0.4, -0.2) is 64.3 Å². The average Bonchev–Trinajstić information content (AvgIpc) is 3.59. The van der Waals surface area contributed by atoms with Gasteiger partial charge < -0.3 is 28.8 Å². The lowest BCUT2D eigenvalue weighted by atomic mass is 9.77. The molecule has 1 unspecified atom stereocenters. The maximum absolute atomic E-state index is 13.8. The number of carbonyl (C=O) groups excluding carboxylic acids is 1. The number of pyridine rings is 1. The summed E-state index contributed by atoms with van der Waals surface area (Å²) in [4.78, 5) is 23.4. The number of hydrogen-bond acceptors (Lipinski definition) is 8. The standard InChI is InChI=1S/C36H51N5O5Si/c1-33(2)14-12-23(13-15-33)28-27(40-32(42)31-38-25(20-37)21-41(31)22-43-16-17-47(7,8)9)11-10-26(39-28)24-18-35(5)29-30(36(6,19-24)46-35)45-34(3,4)44-29/h10-12,21,24,29-30H,13-19,22H2,1-9H3,(H,40,42)/t24?,29-,30+,35+,36-. The number of nitriles is 1. The van der Waals surface area contributed by atoms with Crippen LogP contribution in [0.2, 0.25) is 25.7 Å². The van der Waals surface area contributed by atoms with Crippen molar-refractivity contribution in [2.75, 3.05) is 11.9 Å². The molecule has 3 aliphatic heterocycles. The molecule has 3 saturated heterocycles. The molecule has 1 N–H and O–H groups in total. The number of nitrogens with one attached hydrogen (secondary N) is 1. The van der Waals surface area contributed by atoms with E-state index in [1.807, 2.05) is 26.0 Å². The molecule has 5 atom stereocenters. The summed E-state index contributed by atoms with van der Waals surface area (Å²) in [5.74, 6) is -0.764. The molecular formula is C36H51N5O5Si. The maximum Gasteiger partial charge on any atom is 0.291 e. The van der Waals surface area contributed by atoms with Gasteiger partial charge in [-0.25, -0.2) is 4.98 Å². The molecule has 0 saturated carbocycles. The molecule has 6 rings (SSSR count). The van der Waals surface area contributed by atoms with E-state index in [-0.39, 0.29) is 41.8 Å². The number of anilines is 1. The van der Waals surface area contributed by atoms with E-state index >= 15 is 0 Å². The monoisotopic (exact) mass is 661 g/mol. The van der Waals surface area contributed by atoms with E-state index in [2.05, 4.69) is 69.8 Å². The van der Waals surface area contributed by atoms with Gasteiger partial charge in [0.1, 0.15) is 25.0 Å². The molecular weight excluding hydrogens is 611 g/mol. The molecule has 0 spiro atoms. The third kappa shape index (κ3) is 6.99. The molecule has 1 aliphatic carbocycles.